The van der Waals surface area contributed by atoms with Gasteiger partial charge in [0.2, 0.25) is 0 Å². The van der Waals surface area contributed by atoms with Gasteiger partial charge in [0.15, 0.2) is 6.10 Å². The topological polar surface area (TPSA) is 47.6 Å². The normalized spacial score (nSPS) is 11.7. The molecule has 1 atom stereocenters. The van der Waals surface area contributed by atoms with E-state index in [0.29, 0.717) is 19.6 Å². The number of aryl methyl sites for hydroxylation is 2. The standard InChI is InChI=1S/C21H27NO3/c1-5-20(25-19-12-15(3)11-16(4)13-19)21(23)22-14-17-7-9-18(10-8-17)24-6-2/h7-13,20H,5-6,14H2,1-4H3,(H,22,23)/t20-/m1/s1. The summed E-state index contributed by atoms with van der Waals surface area (Å²) in [6, 6.07) is 13.7. The Morgan fingerprint density at radius 2 is 1.64 bits per heavy atom. The first-order valence-electron chi connectivity index (χ1n) is 8.76. The van der Waals surface area contributed by atoms with Crippen LogP contribution in [-0.2, 0) is 11.3 Å². The van der Waals surface area contributed by atoms with E-state index in [1.165, 1.54) is 0 Å². The van der Waals surface area contributed by atoms with Crippen LogP contribution in [0.5, 0.6) is 11.5 Å². The number of rotatable bonds is 8. The Morgan fingerprint density at radius 3 is 2.20 bits per heavy atom. The van der Waals surface area contributed by atoms with Crippen molar-refractivity contribution in [1.29, 1.82) is 0 Å². The summed E-state index contributed by atoms with van der Waals surface area (Å²) in [6.45, 7) is 9.06. The summed E-state index contributed by atoms with van der Waals surface area (Å²) >= 11 is 0. The summed E-state index contributed by atoms with van der Waals surface area (Å²) in [4.78, 5) is 12.4. The van der Waals surface area contributed by atoms with Crippen LogP contribution in [0.15, 0.2) is 42.5 Å². The van der Waals surface area contributed by atoms with Gasteiger partial charge in [0.1, 0.15) is 11.5 Å². The number of benzene rings is 2. The van der Waals surface area contributed by atoms with Crippen LogP contribution in [0.3, 0.4) is 0 Å². The molecule has 0 aliphatic heterocycles. The van der Waals surface area contributed by atoms with Gasteiger partial charge in [-0.3, -0.25) is 4.79 Å². The smallest absolute Gasteiger partial charge is 0.261 e. The predicted octanol–water partition coefficient (Wildman–Crippen LogP) is 4.18. The fourth-order valence-corrected chi connectivity index (χ4v) is 2.66. The van der Waals surface area contributed by atoms with Gasteiger partial charge in [-0.15, -0.1) is 0 Å². The highest BCUT2D eigenvalue weighted by Crippen LogP contribution is 2.19. The van der Waals surface area contributed by atoms with Crippen LogP contribution in [0.1, 0.15) is 37.0 Å². The van der Waals surface area contributed by atoms with Gasteiger partial charge in [-0.1, -0.05) is 25.1 Å². The molecule has 0 radical (unpaired) electrons. The maximum absolute atomic E-state index is 12.4. The number of ether oxygens (including phenoxy) is 2. The molecule has 1 N–H and O–H groups in total. The van der Waals surface area contributed by atoms with Crippen molar-refractivity contribution >= 4 is 5.91 Å². The lowest BCUT2D eigenvalue weighted by Crippen LogP contribution is -2.37. The average Bonchev–Trinajstić information content (AvgIpc) is 2.58. The van der Waals surface area contributed by atoms with Crippen LogP contribution < -0.4 is 14.8 Å². The van der Waals surface area contributed by atoms with E-state index in [9.17, 15) is 4.79 Å². The minimum atomic E-state index is -0.496. The van der Waals surface area contributed by atoms with Crippen molar-refractivity contribution in [3.05, 3.63) is 59.2 Å². The highest BCUT2D eigenvalue weighted by atomic mass is 16.5. The number of carbonyl (C=O) groups excluding carboxylic acids is 1. The third-order valence-electron chi connectivity index (χ3n) is 3.84. The molecule has 0 aromatic heterocycles. The average molecular weight is 341 g/mol. The molecule has 1 amide bonds. The minimum absolute atomic E-state index is 0.101. The molecule has 4 nitrogen and oxygen atoms in total. The maximum atomic E-state index is 12.4. The van der Waals surface area contributed by atoms with Crippen LogP contribution in [0, 0.1) is 13.8 Å². The molecule has 25 heavy (non-hydrogen) atoms. The predicted molar refractivity (Wildman–Crippen MR) is 100 cm³/mol. The Bertz CT molecular complexity index is 675. The fourth-order valence-electron chi connectivity index (χ4n) is 2.66. The summed E-state index contributed by atoms with van der Waals surface area (Å²) in [5.74, 6) is 1.47. The van der Waals surface area contributed by atoms with Crippen LogP contribution in [0.2, 0.25) is 0 Å². The Kier molecular flexibility index (Phi) is 6.87. The van der Waals surface area contributed by atoms with E-state index < -0.39 is 6.10 Å². The zero-order valence-electron chi connectivity index (χ0n) is 15.5. The SMILES string of the molecule is CCOc1ccc(CNC(=O)[C@@H](CC)Oc2cc(C)cc(C)c2)cc1. The molecular weight excluding hydrogens is 314 g/mol. The Hall–Kier alpha value is -2.49. The summed E-state index contributed by atoms with van der Waals surface area (Å²) < 4.78 is 11.3. The van der Waals surface area contributed by atoms with Gasteiger partial charge >= 0.3 is 0 Å². The van der Waals surface area contributed by atoms with E-state index in [1.807, 2.05) is 64.1 Å². The second-order valence-corrected chi connectivity index (χ2v) is 6.13. The van der Waals surface area contributed by atoms with E-state index in [4.69, 9.17) is 9.47 Å². The molecule has 0 aliphatic rings. The third-order valence-corrected chi connectivity index (χ3v) is 3.84. The van der Waals surface area contributed by atoms with Crippen LogP contribution in [0.25, 0.3) is 0 Å². The Morgan fingerprint density at radius 1 is 1.00 bits per heavy atom. The lowest BCUT2D eigenvalue weighted by Gasteiger charge is -2.18. The summed E-state index contributed by atoms with van der Waals surface area (Å²) in [5, 5.41) is 2.95. The molecule has 4 heteroatoms. The number of amides is 1. The summed E-state index contributed by atoms with van der Waals surface area (Å²) in [7, 11) is 0. The molecule has 0 aliphatic carbocycles. The van der Waals surface area contributed by atoms with E-state index in [-0.39, 0.29) is 5.91 Å². The first-order chi connectivity index (χ1) is 12.0. The quantitative estimate of drug-likeness (QED) is 0.784. The molecule has 0 heterocycles. The Balaban J connectivity index is 1.92. The molecule has 0 spiro atoms. The van der Waals surface area contributed by atoms with Crippen molar-refractivity contribution in [3.8, 4) is 11.5 Å². The van der Waals surface area contributed by atoms with E-state index in [2.05, 4.69) is 11.4 Å². The number of nitrogens with one attached hydrogen (secondary N) is 1. The van der Waals surface area contributed by atoms with Gasteiger partial charge < -0.3 is 14.8 Å². The molecule has 134 valence electrons. The molecule has 0 bridgehead atoms. The molecule has 0 unspecified atom stereocenters. The molecular formula is C21H27NO3. The first kappa shape index (κ1) is 18.8. The zero-order chi connectivity index (χ0) is 18.2. The number of carbonyl (C=O) groups is 1. The van der Waals surface area contributed by atoms with Crippen LogP contribution in [-0.4, -0.2) is 18.6 Å². The van der Waals surface area contributed by atoms with Crippen molar-refractivity contribution in [3.63, 3.8) is 0 Å². The van der Waals surface area contributed by atoms with E-state index in [1.54, 1.807) is 0 Å². The highest BCUT2D eigenvalue weighted by molar-refractivity contribution is 5.81. The van der Waals surface area contributed by atoms with Gasteiger partial charge in [-0.25, -0.2) is 0 Å². The van der Waals surface area contributed by atoms with Gasteiger partial charge in [0.25, 0.3) is 5.91 Å². The van der Waals surface area contributed by atoms with E-state index >= 15 is 0 Å². The number of hydrogen-bond acceptors (Lipinski definition) is 3. The number of hydrogen-bond donors (Lipinski definition) is 1. The first-order valence-corrected chi connectivity index (χ1v) is 8.76. The van der Waals surface area contributed by atoms with Crippen molar-refractivity contribution in [2.45, 2.75) is 46.8 Å². The molecule has 0 saturated carbocycles. The molecule has 0 saturated heterocycles. The van der Waals surface area contributed by atoms with E-state index in [0.717, 1.165) is 28.2 Å². The Labute approximate surface area is 150 Å². The zero-order valence-corrected chi connectivity index (χ0v) is 15.5. The largest absolute Gasteiger partial charge is 0.494 e. The second-order valence-electron chi connectivity index (χ2n) is 6.13. The third kappa shape index (κ3) is 5.82. The maximum Gasteiger partial charge on any atom is 0.261 e. The monoisotopic (exact) mass is 341 g/mol. The van der Waals surface area contributed by atoms with Crippen molar-refractivity contribution in [2.75, 3.05) is 6.61 Å². The molecule has 2 aromatic rings. The minimum Gasteiger partial charge on any atom is -0.494 e. The lowest BCUT2D eigenvalue weighted by molar-refractivity contribution is -0.128. The van der Waals surface area contributed by atoms with Gasteiger partial charge in [-0.2, -0.15) is 0 Å². The molecule has 2 rings (SSSR count). The molecule has 2 aromatic carbocycles. The van der Waals surface area contributed by atoms with Crippen molar-refractivity contribution in [1.82, 2.24) is 5.32 Å². The van der Waals surface area contributed by atoms with Crippen molar-refractivity contribution < 1.29 is 14.3 Å². The van der Waals surface area contributed by atoms with Gasteiger partial charge in [-0.05, 0) is 68.1 Å². The fraction of sp³-hybridized carbons (Fsp3) is 0.381. The summed E-state index contributed by atoms with van der Waals surface area (Å²) in [5.41, 5.74) is 3.28. The van der Waals surface area contributed by atoms with Gasteiger partial charge in [0.05, 0.1) is 6.61 Å². The van der Waals surface area contributed by atoms with Gasteiger partial charge in [0, 0.05) is 6.54 Å². The highest BCUT2D eigenvalue weighted by Gasteiger charge is 2.18. The second kappa shape index (κ2) is 9.11. The van der Waals surface area contributed by atoms with Crippen molar-refractivity contribution in [2.24, 2.45) is 0 Å². The molecule has 0 fully saturated rings. The van der Waals surface area contributed by atoms with Crippen LogP contribution in [0.4, 0.5) is 0 Å². The summed E-state index contributed by atoms with van der Waals surface area (Å²) in [6.07, 6.45) is 0.117. The lowest BCUT2D eigenvalue weighted by atomic mass is 10.1. The van der Waals surface area contributed by atoms with Crippen LogP contribution >= 0.6 is 0 Å².